The highest BCUT2D eigenvalue weighted by Crippen LogP contribution is 2.30. The second-order valence-electron chi connectivity index (χ2n) is 8.19. The van der Waals surface area contributed by atoms with Gasteiger partial charge >= 0.3 is 0 Å². The van der Waals surface area contributed by atoms with Crippen LogP contribution in [0, 0.1) is 0 Å². The van der Waals surface area contributed by atoms with Crippen LogP contribution in [-0.2, 0) is 6.42 Å². The molecule has 2 aromatic heterocycles. The standard InChI is InChI=1S/C19H27N5OS/c1-6-13-14(26-17(23-13)15-20-8-7-9-21-15)16(25)22-12-10-18(2,3)24-19(4,5)11-12/h7-9,12,24H,6,10-11H2,1-5H3,(H,22,25). The van der Waals surface area contributed by atoms with E-state index >= 15 is 0 Å². The van der Waals surface area contributed by atoms with Crippen LogP contribution in [0.5, 0.6) is 0 Å². The smallest absolute Gasteiger partial charge is 0.263 e. The average molecular weight is 374 g/mol. The first-order valence-corrected chi connectivity index (χ1v) is 9.88. The Balaban J connectivity index is 1.81. The van der Waals surface area contributed by atoms with Gasteiger partial charge in [0.15, 0.2) is 10.8 Å². The minimum absolute atomic E-state index is 0.00990. The highest BCUT2D eigenvalue weighted by molar-refractivity contribution is 7.17. The van der Waals surface area contributed by atoms with E-state index < -0.39 is 0 Å². The van der Waals surface area contributed by atoms with Crippen molar-refractivity contribution in [2.24, 2.45) is 0 Å². The Labute approximate surface area is 158 Å². The zero-order valence-corrected chi connectivity index (χ0v) is 16.9. The molecule has 2 N–H and O–H groups in total. The van der Waals surface area contributed by atoms with Crippen LogP contribution < -0.4 is 10.6 Å². The fourth-order valence-electron chi connectivity index (χ4n) is 3.95. The summed E-state index contributed by atoms with van der Waals surface area (Å²) in [7, 11) is 0. The first-order valence-electron chi connectivity index (χ1n) is 9.06. The van der Waals surface area contributed by atoms with E-state index in [1.54, 1.807) is 18.5 Å². The number of carbonyl (C=O) groups excluding carboxylic acids is 1. The van der Waals surface area contributed by atoms with Crippen LogP contribution in [0.1, 0.15) is 62.8 Å². The number of aromatic nitrogens is 3. The average Bonchev–Trinajstić information content (AvgIpc) is 2.97. The van der Waals surface area contributed by atoms with Crippen LogP contribution >= 0.6 is 11.3 Å². The maximum absolute atomic E-state index is 13.0. The second kappa shape index (κ2) is 7.04. The van der Waals surface area contributed by atoms with E-state index in [2.05, 4.69) is 53.3 Å². The number of hydrogen-bond donors (Lipinski definition) is 2. The van der Waals surface area contributed by atoms with Gasteiger partial charge in [0.25, 0.3) is 5.91 Å². The lowest BCUT2D eigenvalue weighted by Gasteiger charge is -2.46. The molecule has 1 aliphatic heterocycles. The van der Waals surface area contributed by atoms with Crippen LogP contribution in [0.15, 0.2) is 18.5 Å². The lowest BCUT2D eigenvalue weighted by Crippen LogP contribution is -2.62. The summed E-state index contributed by atoms with van der Waals surface area (Å²) in [5.41, 5.74) is 0.788. The molecule has 3 heterocycles. The van der Waals surface area contributed by atoms with E-state index in [1.165, 1.54) is 11.3 Å². The maximum Gasteiger partial charge on any atom is 0.263 e. The van der Waals surface area contributed by atoms with Crippen molar-refractivity contribution in [2.75, 3.05) is 0 Å². The van der Waals surface area contributed by atoms with Crippen molar-refractivity contribution in [2.45, 2.75) is 71.0 Å². The van der Waals surface area contributed by atoms with Crippen molar-refractivity contribution >= 4 is 17.2 Å². The number of rotatable bonds is 4. The van der Waals surface area contributed by atoms with E-state index in [0.29, 0.717) is 22.1 Å². The topological polar surface area (TPSA) is 79.8 Å². The molecule has 0 atom stereocenters. The van der Waals surface area contributed by atoms with Crippen LogP contribution in [0.3, 0.4) is 0 Å². The minimum atomic E-state index is -0.0416. The molecule has 0 spiro atoms. The molecular formula is C19H27N5OS. The van der Waals surface area contributed by atoms with Crippen LogP contribution in [0.4, 0.5) is 0 Å². The Bertz CT molecular complexity index is 768. The summed E-state index contributed by atoms with van der Waals surface area (Å²) < 4.78 is 0. The predicted molar refractivity (Wildman–Crippen MR) is 104 cm³/mol. The number of nitrogens with zero attached hydrogens (tertiary/aromatic N) is 3. The van der Waals surface area contributed by atoms with Gasteiger partial charge in [0.1, 0.15) is 4.88 Å². The van der Waals surface area contributed by atoms with Crippen LogP contribution in [0.25, 0.3) is 10.8 Å². The van der Waals surface area contributed by atoms with Crippen LogP contribution in [0.2, 0.25) is 0 Å². The van der Waals surface area contributed by atoms with Gasteiger partial charge in [-0.2, -0.15) is 0 Å². The summed E-state index contributed by atoms with van der Waals surface area (Å²) in [6, 6.07) is 1.91. The molecule has 0 unspecified atom stereocenters. The van der Waals surface area contributed by atoms with Gasteiger partial charge in [-0.05, 0) is 53.0 Å². The normalized spacial score (nSPS) is 19.3. The maximum atomic E-state index is 13.0. The van der Waals surface area contributed by atoms with Crippen molar-refractivity contribution in [3.8, 4) is 10.8 Å². The van der Waals surface area contributed by atoms with Crippen molar-refractivity contribution in [1.29, 1.82) is 0 Å². The van der Waals surface area contributed by atoms with Gasteiger partial charge < -0.3 is 10.6 Å². The first kappa shape index (κ1) is 18.9. The number of aryl methyl sites for hydroxylation is 1. The lowest BCUT2D eigenvalue weighted by molar-refractivity contribution is 0.0876. The van der Waals surface area contributed by atoms with Gasteiger partial charge in [-0.1, -0.05) is 6.92 Å². The Hall–Kier alpha value is -1.86. The van der Waals surface area contributed by atoms with Gasteiger partial charge in [0.05, 0.1) is 5.69 Å². The molecule has 140 valence electrons. The summed E-state index contributed by atoms with van der Waals surface area (Å²) in [6.45, 7) is 10.7. The Morgan fingerprint density at radius 2 is 1.85 bits per heavy atom. The van der Waals surface area contributed by atoms with Gasteiger partial charge in [-0.25, -0.2) is 15.0 Å². The molecule has 7 heteroatoms. The summed E-state index contributed by atoms with van der Waals surface area (Å²) in [5.74, 6) is 0.524. The van der Waals surface area contributed by atoms with Crippen molar-refractivity contribution in [3.05, 3.63) is 29.0 Å². The molecule has 1 amide bonds. The summed E-state index contributed by atoms with van der Waals surface area (Å²) in [5, 5.41) is 7.58. The molecule has 0 bridgehead atoms. The predicted octanol–water partition coefficient (Wildman–Crippen LogP) is 3.20. The molecule has 0 radical (unpaired) electrons. The zero-order valence-electron chi connectivity index (χ0n) is 16.1. The fraction of sp³-hybridized carbons (Fsp3) is 0.579. The number of nitrogens with one attached hydrogen (secondary N) is 2. The summed E-state index contributed by atoms with van der Waals surface area (Å²) >= 11 is 1.37. The summed E-state index contributed by atoms with van der Waals surface area (Å²) in [4.78, 5) is 26.7. The quantitative estimate of drug-likeness (QED) is 0.860. The molecule has 6 nitrogen and oxygen atoms in total. The fourth-order valence-corrected chi connectivity index (χ4v) is 4.95. The van der Waals surface area contributed by atoms with Crippen molar-refractivity contribution in [3.63, 3.8) is 0 Å². The van der Waals surface area contributed by atoms with Crippen molar-refractivity contribution < 1.29 is 4.79 Å². The number of amides is 1. The molecule has 2 aromatic rings. The van der Waals surface area contributed by atoms with Gasteiger partial charge in [-0.15, -0.1) is 11.3 Å². The van der Waals surface area contributed by atoms with E-state index in [9.17, 15) is 4.79 Å². The Morgan fingerprint density at radius 3 is 2.42 bits per heavy atom. The molecule has 26 heavy (non-hydrogen) atoms. The second-order valence-corrected chi connectivity index (χ2v) is 9.19. The third-order valence-electron chi connectivity index (χ3n) is 4.52. The monoisotopic (exact) mass is 373 g/mol. The Morgan fingerprint density at radius 1 is 1.23 bits per heavy atom. The molecule has 0 aliphatic carbocycles. The largest absolute Gasteiger partial charge is 0.348 e. The van der Waals surface area contributed by atoms with Gasteiger partial charge in [0, 0.05) is 29.5 Å². The van der Waals surface area contributed by atoms with Crippen molar-refractivity contribution in [1.82, 2.24) is 25.6 Å². The Kier molecular flexibility index (Phi) is 5.12. The minimum Gasteiger partial charge on any atom is -0.348 e. The SMILES string of the molecule is CCc1nc(-c2ncccn2)sc1C(=O)NC1CC(C)(C)NC(C)(C)C1. The van der Waals surface area contributed by atoms with Crippen LogP contribution in [-0.4, -0.2) is 38.0 Å². The lowest BCUT2D eigenvalue weighted by atomic mass is 9.79. The number of hydrogen-bond acceptors (Lipinski definition) is 6. The number of piperidine rings is 1. The number of thiazole rings is 1. The number of carbonyl (C=O) groups is 1. The summed E-state index contributed by atoms with van der Waals surface area (Å²) in [6.07, 6.45) is 5.88. The van der Waals surface area contributed by atoms with E-state index in [-0.39, 0.29) is 23.0 Å². The zero-order chi connectivity index (χ0) is 18.9. The molecule has 1 fully saturated rings. The van der Waals surface area contributed by atoms with Gasteiger partial charge in [0.2, 0.25) is 0 Å². The molecule has 3 rings (SSSR count). The molecule has 0 aromatic carbocycles. The van der Waals surface area contributed by atoms with E-state index in [1.807, 2.05) is 6.92 Å². The van der Waals surface area contributed by atoms with E-state index in [4.69, 9.17) is 0 Å². The van der Waals surface area contributed by atoms with E-state index in [0.717, 1.165) is 18.5 Å². The third kappa shape index (κ3) is 4.27. The third-order valence-corrected chi connectivity index (χ3v) is 5.61. The molecule has 1 saturated heterocycles. The van der Waals surface area contributed by atoms with Gasteiger partial charge in [-0.3, -0.25) is 4.79 Å². The highest BCUT2D eigenvalue weighted by Gasteiger charge is 2.38. The molecular weight excluding hydrogens is 346 g/mol. The molecule has 1 aliphatic rings. The highest BCUT2D eigenvalue weighted by atomic mass is 32.1. The molecule has 0 saturated carbocycles. The first-order chi connectivity index (χ1) is 12.2.